The fourth-order valence-electron chi connectivity index (χ4n) is 3.38. The molecule has 2 atom stereocenters. The molecule has 1 fully saturated rings. The fourth-order valence-corrected chi connectivity index (χ4v) is 3.38. The Bertz CT molecular complexity index is 978. The smallest absolute Gasteiger partial charge is 0.270 e. The molecule has 0 aliphatic carbocycles. The average molecular weight is 409 g/mol. The van der Waals surface area contributed by atoms with E-state index in [0.29, 0.717) is 29.9 Å². The predicted octanol–water partition coefficient (Wildman–Crippen LogP) is 3.50. The van der Waals surface area contributed by atoms with Gasteiger partial charge in [0.1, 0.15) is 0 Å². The van der Waals surface area contributed by atoms with Gasteiger partial charge in [-0.2, -0.15) is 0 Å². The van der Waals surface area contributed by atoms with Gasteiger partial charge in [-0.25, -0.2) is 0 Å². The van der Waals surface area contributed by atoms with Crippen LogP contribution in [0.4, 0.5) is 11.4 Å². The third-order valence-corrected chi connectivity index (χ3v) is 4.63. The number of hydrogen-bond acceptors (Lipinski definition) is 5. The van der Waals surface area contributed by atoms with Gasteiger partial charge in [0.05, 0.1) is 28.4 Å². The van der Waals surface area contributed by atoms with Crippen LogP contribution in [0.15, 0.2) is 54.6 Å². The maximum Gasteiger partial charge on any atom is 0.270 e. The zero-order valence-electron chi connectivity index (χ0n) is 16.8. The van der Waals surface area contributed by atoms with Gasteiger partial charge in [-0.15, -0.1) is 0 Å². The van der Waals surface area contributed by atoms with Crippen LogP contribution in [0.25, 0.3) is 6.08 Å². The summed E-state index contributed by atoms with van der Waals surface area (Å²) >= 11 is 0. The van der Waals surface area contributed by atoms with Crippen molar-refractivity contribution in [2.75, 3.05) is 18.4 Å². The number of nitro groups is 1. The quantitative estimate of drug-likeness (QED) is 0.463. The lowest BCUT2D eigenvalue weighted by Crippen LogP contribution is -2.48. The van der Waals surface area contributed by atoms with Crippen LogP contribution in [-0.4, -0.2) is 46.9 Å². The third kappa shape index (κ3) is 5.30. The molecular weight excluding hydrogens is 386 g/mol. The van der Waals surface area contributed by atoms with Crippen LogP contribution in [0.2, 0.25) is 0 Å². The molecule has 2 unspecified atom stereocenters. The summed E-state index contributed by atoms with van der Waals surface area (Å²) in [5, 5.41) is 13.6. The molecule has 3 rings (SSSR count). The lowest BCUT2D eigenvalue weighted by Gasteiger charge is -2.35. The summed E-state index contributed by atoms with van der Waals surface area (Å²) in [6.07, 6.45) is 2.65. The van der Waals surface area contributed by atoms with Crippen LogP contribution >= 0.6 is 0 Å². The van der Waals surface area contributed by atoms with Crippen molar-refractivity contribution in [3.05, 3.63) is 75.8 Å². The van der Waals surface area contributed by atoms with Crippen LogP contribution in [0.3, 0.4) is 0 Å². The number of nitrogens with zero attached hydrogens (tertiary/aromatic N) is 2. The van der Waals surface area contributed by atoms with Gasteiger partial charge >= 0.3 is 0 Å². The highest BCUT2D eigenvalue weighted by atomic mass is 16.6. The highest BCUT2D eigenvalue weighted by Gasteiger charge is 2.27. The Morgan fingerprint density at radius 2 is 1.83 bits per heavy atom. The van der Waals surface area contributed by atoms with Gasteiger partial charge in [-0.3, -0.25) is 19.7 Å². The number of ether oxygens (including phenoxy) is 1. The molecule has 1 aliphatic heterocycles. The summed E-state index contributed by atoms with van der Waals surface area (Å²) in [6, 6.07) is 12.8. The maximum absolute atomic E-state index is 13.0. The number of para-hydroxylation sites is 1. The predicted molar refractivity (Wildman–Crippen MR) is 113 cm³/mol. The standard InChI is InChI=1S/C22H23N3O5/c1-15-13-24(14-16(2)30-15)22(27)19-8-3-4-9-20(19)23-21(26)11-10-17-6-5-7-18(12-17)25(28)29/h3-12,15-16H,13-14H2,1-2H3,(H,23,26)/b11-10+. The molecule has 0 aromatic heterocycles. The molecule has 2 aromatic carbocycles. The molecule has 0 bridgehead atoms. The topological polar surface area (TPSA) is 102 Å². The number of carbonyl (C=O) groups is 2. The molecular formula is C22H23N3O5. The Labute approximate surface area is 174 Å². The van der Waals surface area contributed by atoms with Crippen LogP contribution in [0, 0.1) is 10.1 Å². The first-order valence-corrected chi connectivity index (χ1v) is 9.61. The molecule has 2 aromatic rings. The van der Waals surface area contributed by atoms with E-state index in [2.05, 4.69) is 5.32 Å². The van der Waals surface area contributed by atoms with Gasteiger partial charge in [-0.05, 0) is 37.6 Å². The Hall–Kier alpha value is -3.52. The number of rotatable bonds is 5. The van der Waals surface area contributed by atoms with Gasteiger partial charge in [0.15, 0.2) is 0 Å². The zero-order chi connectivity index (χ0) is 21.7. The Morgan fingerprint density at radius 1 is 1.13 bits per heavy atom. The van der Waals surface area contributed by atoms with E-state index >= 15 is 0 Å². The SMILES string of the molecule is CC1CN(C(=O)c2ccccc2NC(=O)/C=C/c2cccc([N+](=O)[O-])c2)CC(C)O1. The van der Waals surface area contributed by atoms with E-state index in [1.165, 1.54) is 24.3 Å². The summed E-state index contributed by atoms with van der Waals surface area (Å²) in [6.45, 7) is 4.81. The monoisotopic (exact) mass is 409 g/mol. The van der Waals surface area contributed by atoms with Crippen molar-refractivity contribution in [1.29, 1.82) is 0 Å². The number of benzene rings is 2. The molecule has 8 heteroatoms. The van der Waals surface area contributed by atoms with Gasteiger partial charge in [-0.1, -0.05) is 24.3 Å². The van der Waals surface area contributed by atoms with Crippen molar-refractivity contribution in [3.8, 4) is 0 Å². The summed E-state index contributed by atoms with van der Waals surface area (Å²) < 4.78 is 5.68. The van der Waals surface area contributed by atoms with E-state index in [9.17, 15) is 19.7 Å². The van der Waals surface area contributed by atoms with Crippen molar-refractivity contribution in [2.24, 2.45) is 0 Å². The largest absolute Gasteiger partial charge is 0.372 e. The van der Waals surface area contributed by atoms with Gasteiger partial charge < -0.3 is 15.0 Å². The third-order valence-electron chi connectivity index (χ3n) is 4.63. The molecule has 1 aliphatic rings. The summed E-state index contributed by atoms with van der Waals surface area (Å²) in [5.74, 6) is -0.610. The summed E-state index contributed by atoms with van der Waals surface area (Å²) in [4.78, 5) is 37.5. The van der Waals surface area contributed by atoms with Crippen molar-refractivity contribution < 1.29 is 19.2 Å². The molecule has 2 amide bonds. The second-order valence-electron chi connectivity index (χ2n) is 7.19. The van der Waals surface area contributed by atoms with Crippen molar-refractivity contribution in [3.63, 3.8) is 0 Å². The number of nitrogens with one attached hydrogen (secondary N) is 1. The zero-order valence-corrected chi connectivity index (χ0v) is 16.8. The molecule has 8 nitrogen and oxygen atoms in total. The van der Waals surface area contributed by atoms with E-state index in [4.69, 9.17) is 4.74 Å². The number of amides is 2. The van der Waals surface area contributed by atoms with Gasteiger partial charge in [0.25, 0.3) is 11.6 Å². The van der Waals surface area contributed by atoms with Crippen LogP contribution in [0.1, 0.15) is 29.8 Å². The number of anilines is 1. The van der Waals surface area contributed by atoms with Crippen molar-refractivity contribution in [1.82, 2.24) is 4.90 Å². The van der Waals surface area contributed by atoms with Gasteiger partial charge in [0.2, 0.25) is 5.91 Å². The van der Waals surface area contributed by atoms with Crippen LogP contribution in [0.5, 0.6) is 0 Å². The molecule has 156 valence electrons. The van der Waals surface area contributed by atoms with Crippen LogP contribution < -0.4 is 5.32 Å². The van der Waals surface area contributed by atoms with E-state index < -0.39 is 10.8 Å². The molecule has 0 spiro atoms. The Balaban J connectivity index is 1.73. The average Bonchev–Trinajstić information content (AvgIpc) is 2.71. The number of carbonyl (C=O) groups excluding carboxylic acids is 2. The van der Waals surface area contributed by atoms with Crippen molar-refractivity contribution in [2.45, 2.75) is 26.1 Å². The number of morpholine rings is 1. The second-order valence-corrected chi connectivity index (χ2v) is 7.19. The first-order chi connectivity index (χ1) is 14.3. The first kappa shape index (κ1) is 21.2. The number of hydrogen-bond donors (Lipinski definition) is 1. The van der Waals surface area contributed by atoms with E-state index in [0.717, 1.165) is 0 Å². The van der Waals surface area contributed by atoms with Crippen LogP contribution in [-0.2, 0) is 9.53 Å². The van der Waals surface area contributed by atoms with Gasteiger partial charge in [0, 0.05) is 31.3 Å². The van der Waals surface area contributed by atoms with E-state index in [1.807, 2.05) is 13.8 Å². The lowest BCUT2D eigenvalue weighted by molar-refractivity contribution is -0.384. The minimum Gasteiger partial charge on any atom is -0.372 e. The number of nitro benzene ring substituents is 1. The highest BCUT2D eigenvalue weighted by Crippen LogP contribution is 2.21. The lowest BCUT2D eigenvalue weighted by atomic mass is 10.1. The minimum absolute atomic E-state index is 0.0533. The Morgan fingerprint density at radius 3 is 2.53 bits per heavy atom. The molecule has 1 heterocycles. The molecule has 0 radical (unpaired) electrons. The molecule has 30 heavy (non-hydrogen) atoms. The summed E-state index contributed by atoms with van der Waals surface area (Å²) in [5.41, 5.74) is 1.28. The minimum atomic E-state index is -0.493. The normalized spacial score (nSPS) is 18.9. The molecule has 0 saturated carbocycles. The molecule has 1 saturated heterocycles. The number of non-ortho nitro benzene ring substituents is 1. The summed E-state index contributed by atoms with van der Waals surface area (Å²) in [7, 11) is 0. The van der Waals surface area contributed by atoms with Crippen molar-refractivity contribution >= 4 is 29.3 Å². The second kappa shape index (κ2) is 9.32. The van der Waals surface area contributed by atoms with E-state index in [-0.39, 0.29) is 23.8 Å². The maximum atomic E-state index is 13.0. The molecule has 1 N–H and O–H groups in total. The highest BCUT2D eigenvalue weighted by molar-refractivity contribution is 6.07. The Kier molecular flexibility index (Phi) is 6.58. The first-order valence-electron chi connectivity index (χ1n) is 9.61. The van der Waals surface area contributed by atoms with E-state index in [1.54, 1.807) is 41.3 Å². The fraction of sp³-hybridized carbons (Fsp3) is 0.273.